The fraction of sp³-hybridized carbons (Fsp3) is 0.364. The maximum absolute atomic E-state index is 12.8. The SMILES string of the molecule is OCCNCCN=Cc1cc(F)ccc1O. The zero-order valence-electron chi connectivity index (χ0n) is 8.86. The quantitative estimate of drug-likeness (QED) is 0.490. The molecule has 88 valence electrons. The number of nitrogens with zero attached hydrogens (tertiary/aromatic N) is 1. The lowest BCUT2D eigenvalue weighted by Gasteiger charge is -1.99. The molecule has 0 aliphatic rings. The first-order valence-corrected chi connectivity index (χ1v) is 5.04. The van der Waals surface area contributed by atoms with E-state index in [9.17, 15) is 9.50 Å². The Balaban J connectivity index is 2.40. The van der Waals surface area contributed by atoms with Crippen LogP contribution in [0.2, 0.25) is 0 Å². The molecule has 0 amide bonds. The molecule has 0 heterocycles. The summed E-state index contributed by atoms with van der Waals surface area (Å²) < 4.78 is 12.8. The van der Waals surface area contributed by atoms with E-state index in [0.29, 0.717) is 25.2 Å². The molecule has 0 bridgehead atoms. The second-order valence-corrected chi connectivity index (χ2v) is 3.21. The number of rotatable bonds is 6. The molecule has 5 heteroatoms. The van der Waals surface area contributed by atoms with Crippen molar-refractivity contribution < 1.29 is 14.6 Å². The molecule has 0 aliphatic carbocycles. The van der Waals surface area contributed by atoms with Gasteiger partial charge in [-0.3, -0.25) is 4.99 Å². The molecule has 1 aromatic rings. The van der Waals surface area contributed by atoms with Crippen LogP contribution in [0.25, 0.3) is 0 Å². The van der Waals surface area contributed by atoms with E-state index in [1.165, 1.54) is 24.4 Å². The highest BCUT2D eigenvalue weighted by Gasteiger charge is 1.98. The summed E-state index contributed by atoms with van der Waals surface area (Å²) in [5, 5.41) is 20.8. The third-order valence-corrected chi connectivity index (χ3v) is 1.93. The summed E-state index contributed by atoms with van der Waals surface area (Å²) >= 11 is 0. The van der Waals surface area contributed by atoms with Crippen molar-refractivity contribution in [2.45, 2.75) is 0 Å². The number of aliphatic imine (C=N–C) groups is 1. The van der Waals surface area contributed by atoms with Gasteiger partial charge in [0.05, 0.1) is 13.2 Å². The van der Waals surface area contributed by atoms with Crippen LogP contribution in [0.4, 0.5) is 4.39 Å². The highest BCUT2D eigenvalue weighted by atomic mass is 19.1. The molecular weight excluding hydrogens is 211 g/mol. The molecular formula is C11H15FN2O2. The number of hydrogen-bond acceptors (Lipinski definition) is 4. The lowest BCUT2D eigenvalue weighted by Crippen LogP contribution is -2.21. The second-order valence-electron chi connectivity index (χ2n) is 3.21. The van der Waals surface area contributed by atoms with Crippen molar-refractivity contribution in [1.82, 2.24) is 5.32 Å². The number of benzene rings is 1. The lowest BCUT2D eigenvalue weighted by molar-refractivity contribution is 0.293. The normalized spacial score (nSPS) is 11.1. The Hall–Kier alpha value is -1.46. The summed E-state index contributed by atoms with van der Waals surface area (Å²) in [7, 11) is 0. The Kier molecular flexibility index (Phi) is 5.45. The predicted molar refractivity (Wildman–Crippen MR) is 60.5 cm³/mol. The van der Waals surface area contributed by atoms with Gasteiger partial charge in [0.15, 0.2) is 0 Å². The average molecular weight is 226 g/mol. The molecule has 3 N–H and O–H groups in total. The Bertz CT molecular complexity index is 356. The maximum atomic E-state index is 12.8. The summed E-state index contributed by atoms with van der Waals surface area (Å²) in [5.74, 6) is -0.397. The van der Waals surface area contributed by atoms with Crippen LogP contribution in [-0.4, -0.2) is 42.7 Å². The highest BCUT2D eigenvalue weighted by molar-refractivity contribution is 5.83. The zero-order valence-corrected chi connectivity index (χ0v) is 8.86. The fourth-order valence-electron chi connectivity index (χ4n) is 1.14. The monoisotopic (exact) mass is 226 g/mol. The van der Waals surface area contributed by atoms with Gasteiger partial charge in [-0.2, -0.15) is 0 Å². The molecule has 1 aromatic carbocycles. The Morgan fingerprint density at radius 3 is 2.94 bits per heavy atom. The van der Waals surface area contributed by atoms with Crippen molar-refractivity contribution in [2.24, 2.45) is 4.99 Å². The Morgan fingerprint density at radius 2 is 2.19 bits per heavy atom. The smallest absolute Gasteiger partial charge is 0.124 e. The number of halogens is 1. The Morgan fingerprint density at radius 1 is 1.38 bits per heavy atom. The number of nitrogens with one attached hydrogen (secondary N) is 1. The molecule has 0 saturated carbocycles. The van der Waals surface area contributed by atoms with Gasteiger partial charge < -0.3 is 15.5 Å². The van der Waals surface area contributed by atoms with E-state index in [2.05, 4.69) is 10.3 Å². The van der Waals surface area contributed by atoms with Gasteiger partial charge in [-0.05, 0) is 18.2 Å². The van der Waals surface area contributed by atoms with Gasteiger partial charge in [0.2, 0.25) is 0 Å². The number of hydrogen-bond donors (Lipinski definition) is 3. The van der Waals surface area contributed by atoms with E-state index < -0.39 is 5.82 Å². The number of phenolic OH excluding ortho intramolecular Hbond substituents is 1. The summed E-state index contributed by atoms with van der Waals surface area (Å²) in [6.07, 6.45) is 1.43. The summed E-state index contributed by atoms with van der Waals surface area (Å²) in [5.41, 5.74) is 0.363. The first-order chi connectivity index (χ1) is 7.74. The first kappa shape index (κ1) is 12.6. The van der Waals surface area contributed by atoms with E-state index in [-0.39, 0.29) is 12.4 Å². The van der Waals surface area contributed by atoms with Crippen LogP contribution < -0.4 is 5.32 Å². The van der Waals surface area contributed by atoms with Crippen LogP contribution in [0, 0.1) is 5.82 Å². The van der Waals surface area contributed by atoms with E-state index >= 15 is 0 Å². The van der Waals surface area contributed by atoms with E-state index in [0.717, 1.165) is 0 Å². The minimum absolute atomic E-state index is 0.00784. The zero-order chi connectivity index (χ0) is 11.8. The highest BCUT2D eigenvalue weighted by Crippen LogP contribution is 2.15. The molecule has 0 atom stereocenters. The summed E-state index contributed by atoms with van der Waals surface area (Å²) in [6.45, 7) is 1.76. The number of aliphatic hydroxyl groups is 1. The van der Waals surface area contributed by atoms with Gasteiger partial charge in [0.25, 0.3) is 0 Å². The molecule has 0 saturated heterocycles. The van der Waals surface area contributed by atoms with Gasteiger partial charge >= 0.3 is 0 Å². The Labute approximate surface area is 93.5 Å². The topological polar surface area (TPSA) is 64.8 Å². The second kappa shape index (κ2) is 6.92. The minimum Gasteiger partial charge on any atom is -0.507 e. The van der Waals surface area contributed by atoms with Crippen molar-refractivity contribution in [3.8, 4) is 5.75 Å². The lowest BCUT2D eigenvalue weighted by atomic mass is 10.2. The van der Waals surface area contributed by atoms with Gasteiger partial charge in [0, 0.05) is 24.9 Å². The largest absolute Gasteiger partial charge is 0.507 e. The van der Waals surface area contributed by atoms with Gasteiger partial charge in [-0.1, -0.05) is 0 Å². The molecule has 0 aliphatic heterocycles. The van der Waals surface area contributed by atoms with Crippen LogP contribution in [-0.2, 0) is 0 Å². The number of aliphatic hydroxyl groups excluding tert-OH is 1. The van der Waals surface area contributed by atoms with Crippen LogP contribution in [0.15, 0.2) is 23.2 Å². The van der Waals surface area contributed by atoms with Crippen molar-refractivity contribution in [3.63, 3.8) is 0 Å². The van der Waals surface area contributed by atoms with Crippen LogP contribution in [0.5, 0.6) is 5.75 Å². The average Bonchev–Trinajstić information content (AvgIpc) is 2.28. The predicted octanol–water partition coefficient (Wildman–Crippen LogP) is 0.532. The summed E-state index contributed by atoms with van der Waals surface area (Å²) in [6, 6.07) is 3.70. The molecule has 0 unspecified atom stereocenters. The third-order valence-electron chi connectivity index (χ3n) is 1.93. The third kappa shape index (κ3) is 4.37. The molecule has 1 rings (SSSR count). The molecule has 0 aromatic heterocycles. The number of aromatic hydroxyl groups is 1. The van der Waals surface area contributed by atoms with Crippen LogP contribution >= 0.6 is 0 Å². The van der Waals surface area contributed by atoms with Gasteiger partial charge in [-0.15, -0.1) is 0 Å². The van der Waals surface area contributed by atoms with Gasteiger partial charge in [0.1, 0.15) is 11.6 Å². The standard InChI is InChI=1S/C11H15FN2O2/c12-10-1-2-11(16)9(7-10)8-14-4-3-13-5-6-15/h1-2,7-8,13,15-16H,3-6H2. The molecule has 0 fully saturated rings. The van der Waals surface area contributed by atoms with E-state index in [4.69, 9.17) is 5.11 Å². The van der Waals surface area contributed by atoms with Crippen LogP contribution in [0.3, 0.4) is 0 Å². The fourth-order valence-corrected chi connectivity index (χ4v) is 1.14. The van der Waals surface area contributed by atoms with Crippen molar-refractivity contribution in [1.29, 1.82) is 0 Å². The molecule has 16 heavy (non-hydrogen) atoms. The molecule has 4 nitrogen and oxygen atoms in total. The van der Waals surface area contributed by atoms with Crippen molar-refractivity contribution in [2.75, 3.05) is 26.2 Å². The van der Waals surface area contributed by atoms with E-state index in [1.54, 1.807) is 0 Å². The maximum Gasteiger partial charge on any atom is 0.124 e. The summed E-state index contributed by atoms with van der Waals surface area (Å²) in [4.78, 5) is 4.02. The van der Waals surface area contributed by atoms with Crippen LogP contribution in [0.1, 0.15) is 5.56 Å². The first-order valence-electron chi connectivity index (χ1n) is 5.04. The van der Waals surface area contributed by atoms with Crippen molar-refractivity contribution >= 4 is 6.21 Å². The number of phenols is 1. The molecule has 0 radical (unpaired) electrons. The minimum atomic E-state index is -0.405. The molecule has 0 spiro atoms. The van der Waals surface area contributed by atoms with E-state index in [1.807, 2.05) is 0 Å². The van der Waals surface area contributed by atoms with Crippen molar-refractivity contribution in [3.05, 3.63) is 29.6 Å². The van der Waals surface area contributed by atoms with Gasteiger partial charge in [-0.25, -0.2) is 4.39 Å².